The molecule has 1 atom stereocenters. The summed E-state index contributed by atoms with van der Waals surface area (Å²) >= 11 is 0. The van der Waals surface area contributed by atoms with Crippen molar-refractivity contribution in [2.75, 3.05) is 19.6 Å². The number of hydrogen-bond donors (Lipinski definition) is 1. The van der Waals surface area contributed by atoms with Crippen LogP contribution in [-0.4, -0.2) is 35.4 Å². The molecule has 1 fully saturated rings. The minimum Gasteiger partial charge on any atom is -0.338 e. The van der Waals surface area contributed by atoms with Gasteiger partial charge in [0.25, 0.3) is 0 Å². The molecule has 1 N–H and O–H groups in total. The quantitative estimate of drug-likeness (QED) is 0.830. The van der Waals surface area contributed by atoms with Crippen molar-refractivity contribution in [1.82, 2.24) is 15.2 Å². The number of carbonyl (C=O) groups is 1. The molecule has 1 aromatic heterocycles. The van der Waals surface area contributed by atoms with E-state index >= 15 is 0 Å². The summed E-state index contributed by atoms with van der Waals surface area (Å²) in [6, 6.07) is 3.93. The molecule has 1 aromatic rings. The molecule has 4 heteroatoms. The predicted octanol–water partition coefficient (Wildman–Crippen LogP) is 1.04. The third-order valence-corrected chi connectivity index (χ3v) is 3.02. The maximum absolute atomic E-state index is 12.0. The van der Waals surface area contributed by atoms with Crippen LogP contribution in [0.3, 0.4) is 0 Å². The highest BCUT2D eigenvalue weighted by molar-refractivity contribution is 5.76. The lowest BCUT2D eigenvalue weighted by atomic mass is 10.1. The Labute approximate surface area is 102 Å². The predicted molar refractivity (Wildman–Crippen MR) is 66.3 cm³/mol. The van der Waals surface area contributed by atoms with Gasteiger partial charge in [-0.15, -0.1) is 0 Å². The van der Waals surface area contributed by atoms with E-state index in [1.165, 1.54) is 0 Å². The summed E-state index contributed by atoms with van der Waals surface area (Å²) in [5.74, 6) is 0.738. The lowest BCUT2D eigenvalue weighted by Crippen LogP contribution is -2.41. The van der Waals surface area contributed by atoms with Gasteiger partial charge in [0.1, 0.15) is 0 Å². The summed E-state index contributed by atoms with van der Waals surface area (Å²) in [6.45, 7) is 5.47. The van der Waals surface area contributed by atoms with E-state index in [9.17, 15) is 4.79 Å². The highest BCUT2D eigenvalue weighted by Crippen LogP contribution is 2.10. The molecule has 0 spiro atoms. The molecule has 2 heterocycles. The third kappa shape index (κ3) is 3.53. The topological polar surface area (TPSA) is 45.2 Å². The van der Waals surface area contributed by atoms with E-state index in [1.54, 1.807) is 12.4 Å². The Balaban J connectivity index is 2.03. The molecule has 0 aromatic carbocycles. The number of carbonyl (C=O) groups excluding carboxylic acids is 1. The van der Waals surface area contributed by atoms with Crippen LogP contribution in [-0.2, 0) is 11.3 Å². The van der Waals surface area contributed by atoms with Gasteiger partial charge in [0.2, 0.25) is 5.91 Å². The van der Waals surface area contributed by atoms with Crippen molar-refractivity contribution < 1.29 is 4.79 Å². The van der Waals surface area contributed by atoms with Crippen LogP contribution in [0.25, 0.3) is 0 Å². The molecular formula is C13H19N3O. The van der Waals surface area contributed by atoms with E-state index in [0.29, 0.717) is 18.9 Å². The summed E-state index contributed by atoms with van der Waals surface area (Å²) in [4.78, 5) is 17.9. The van der Waals surface area contributed by atoms with E-state index in [0.717, 1.165) is 25.2 Å². The van der Waals surface area contributed by atoms with Gasteiger partial charge in [0.15, 0.2) is 0 Å². The van der Waals surface area contributed by atoms with Crippen molar-refractivity contribution >= 4 is 5.91 Å². The summed E-state index contributed by atoms with van der Waals surface area (Å²) in [5, 5.41) is 3.29. The molecule has 4 nitrogen and oxygen atoms in total. The monoisotopic (exact) mass is 233 g/mol. The number of hydrogen-bond acceptors (Lipinski definition) is 3. The molecule has 1 saturated heterocycles. The molecule has 92 valence electrons. The number of rotatable bonds is 2. The highest BCUT2D eigenvalue weighted by Gasteiger charge is 2.18. The summed E-state index contributed by atoms with van der Waals surface area (Å²) in [5.41, 5.74) is 1.15. The normalized spacial score (nSPS) is 22.1. The first kappa shape index (κ1) is 12.0. The molecule has 0 radical (unpaired) electrons. The van der Waals surface area contributed by atoms with Crippen molar-refractivity contribution in [3.63, 3.8) is 0 Å². The molecule has 0 bridgehead atoms. The lowest BCUT2D eigenvalue weighted by Gasteiger charge is -2.28. The number of amides is 1. The fourth-order valence-electron chi connectivity index (χ4n) is 2.11. The van der Waals surface area contributed by atoms with Crippen molar-refractivity contribution in [2.45, 2.75) is 19.9 Å². The molecular weight excluding hydrogens is 214 g/mol. The molecule has 17 heavy (non-hydrogen) atoms. The van der Waals surface area contributed by atoms with E-state index in [2.05, 4.69) is 17.2 Å². The largest absolute Gasteiger partial charge is 0.338 e. The van der Waals surface area contributed by atoms with Crippen LogP contribution in [0.1, 0.15) is 18.9 Å². The van der Waals surface area contributed by atoms with Gasteiger partial charge in [-0.3, -0.25) is 9.78 Å². The van der Waals surface area contributed by atoms with Gasteiger partial charge in [0.05, 0.1) is 0 Å². The van der Waals surface area contributed by atoms with Crippen molar-refractivity contribution in [3.05, 3.63) is 30.1 Å². The standard InChI is InChI=1S/C13H19N3O/c1-11-8-15-7-4-13(17)16(9-11)10-12-2-5-14-6-3-12/h2-3,5-6,11,15H,4,7-10H2,1H3. The zero-order valence-electron chi connectivity index (χ0n) is 10.2. The first-order chi connectivity index (χ1) is 8.25. The van der Waals surface area contributed by atoms with Gasteiger partial charge < -0.3 is 10.2 Å². The summed E-state index contributed by atoms with van der Waals surface area (Å²) < 4.78 is 0. The fourth-order valence-corrected chi connectivity index (χ4v) is 2.11. The molecule has 1 amide bonds. The van der Waals surface area contributed by atoms with Crippen LogP contribution in [0.5, 0.6) is 0 Å². The number of aromatic nitrogens is 1. The number of pyridine rings is 1. The minimum absolute atomic E-state index is 0.237. The van der Waals surface area contributed by atoms with Crippen LogP contribution < -0.4 is 5.32 Å². The zero-order valence-corrected chi connectivity index (χ0v) is 10.2. The Kier molecular flexibility index (Phi) is 4.09. The second-order valence-electron chi connectivity index (χ2n) is 4.69. The molecule has 0 saturated carbocycles. The van der Waals surface area contributed by atoms with Crippen molar-refractivity contribution in [2.24, 2.45) is 5.92 Å². The number of nitrogens with zero attached hydrogens (tertiary/aromatic N) is 2. The van der Waals surface area contributed by atoms with Gasteiger partial charge in [-0.2, -0.15) is 0 Å². The van der Waals surface area contributed by atoms with Gasteiger partial charge in [0, 0.05) is 38.4 Å². The Morgan fingerprint density at radius 3 is 3.00 bits per heavy atom. The Morgan fingerprint density at radius 1 is 1.47 bits per heavy atom. The second-order valence-corrected chi connectivity index (χ2v) is 4.69. The van der Waals surface area contributed by atoms with Crippen LogP contribution in [0.4, 0.5) is 0 Å². The van der Waals surface area contributed by atoms with E-state index < -0.39 is 0 Å². The van der Waals surface area contributed by atoms with Gasteiger partial charge in [-0.05, 0) is 30.2 Å². The third-order valence-electron chi connectivity index (χ3n) is 3.02. The van der Waals surface area contributed by atoms with Crippen LogP contribution in [0.2, 0.25) is 0 Å². The van der Waals surface area contributed by atoms with Gasteiger partial charge >= 0.3 is 0 Å². The SMILES string of the molecule is CC1CNCCC(=O)N(Cc2ccncc2)C1. The van der Waals surface area contributed by atoms with Crippen molar-refractivity contribution in [1.29, 1.82) is 0 Å². The minimum atomic E-state index is 0.237. The summed E-state index contributed by atoms with van der Waals surface area (Å²) in [7, 11) is 0. The smallest absolute Gasteiger partial charge is 0.224 e. The molecule has 1 unspecified atom stereocenters. The van der Waals surface area contributed by atoms with Crippen LogP contribution in [0, 0.1) is 5.92 Å². The maximum Gasteiger partial charge on any atom is 0.224 e. The Morgan fingerprint density at radius 2 is 2.24 bits per heavy atom. The fraction of sp³-hybridized carbons (Fsp3) is 0.538. The highest BCUT2D eigenvalue weighted by atomic mass is 16.2. The van der Waals surface area contributed by atoms with E-state index in [1.807, 2.05) is 17.0 Å². The van der Waals surface area contributed by atoms with Gasteiger partial charge in [-0.1, -0.05) is 6.92 Å². The van der Waals surface area contributed by atoms with E-state index in [4.69, 9.17) is 0 Å². The van der Waals surface area contributed by atoms with Crippen LogP contribution >= 0.6 is 0 Å². The Bertz CT molecular complexity index is 366. The van der Waals surface area contributed by atoms with Gasteiger partial charge in [-0.25, -0.2) is 0 Å². The van der Waals surface area contributed by atoms with Crippen LogP contribution in [0.15, 0.2) is 24.5 Å². The lowest BCUT2D eigenvalue weighted by molar-refractivity contribution is -0.132. The molecule has 2 rings (SSSR count). The summed E-state index contributed by atoms with van der Waals surface area (Å²) in [6.07, 6.45) is 4.14. The molecule has 0 aliphatic carbocycles. The first-order valence-corrected chi connectivity index (χ1v) is 6.13. The molecule has 1 aliphatic heterocycles. The van der Waals surface area contributed by atoms with Crippen molar-refractivity contribution in [3.8, 4) is 0 Å². The first-order valence-electron chi connectivity index (χ1n) is 6.13. The maximum atomic E-state index is 12.0. The average Bonchev–Trinajstić information content (AvgIpc) is 2.33. The average molecular weight is 233 g/mol. The zero-order chi connectivity index (χ0) is 12.1. The Hall–Kier alpha value is -1.42. The number of nitrogens with one attached hydrogen (secondary N) is 1. The van der Waals surface area contributed by atoms with E-state index in [-0.39, 0.29) is 5.91 Å². The second kappa shape index (κ2) is 5.77. The molecule has 1 aliphatic rings.